The second-order valence-electron chi connectivity index (χ2n) is 6.15. The number of fused-ring (bicyclic) bond motifs is 1. The summed E-state index contributed by atoms with van der Waals surface area (Å²) >= 11 is 0. The second-order valence-corrected chi connectivity index (χ2v) is 6.15. The fraction of sp³-hybridized carbons (Fsp3) is 0.381. The molecule has 0 atom stereocenters. The van der Waals surface area contributed by atoms with Crippen molar-refractivity contribution in [2.24, 2.45) is 4.99 Å². The summed E-state index contributed by atoms with van der Waals surface area (Å²) in [5.74, 6) is 3.77. The van der Waals surface area contributed by atoms with Crippen molar-refractivity contribution < 1.29 is 18.9 Å². The fourth-order valence-electron chi connectivity index (χ4n) is 2.83. The molecule has 2 aromatic carbocycles. The first-order chi connectivity index (χ1) is 13.7. The Morgan fingerprint density at radius 3 is 2.61 bits per heavy atom. The van der Waals surface area contributed by atoms with E-state index in [1.165, 1.54) is 0 Å². The van der Waals surface area contributed by atoms with Crippen molar-refractivity contribution in [1.29, 1.82) is 0 Å². The molecule has 0 unspecified atom stereocenters. The molecule has 2 aromatic rings. The summed E-state index contributed by atoms with van der Waals surface area (Å²) in [5, 5.41) is 6.61. The van der Waals surface area contributed by atoms with Gasteiger partial charge in [-0.15, -0.1) is 0 Å². The van der Waals surface area contributed by atoms with E-state index in [9.17, 15) is 0 Å². The van der Waals surface area contributed by atoms with Gasteiger partial charge in [0, 0.05) is 13.1 Å². The summed E-state index contributed by atoms with van der Waals surface area (Å²) in [6, 6.07) is 11.8. The van der Waals surface area contributed by atoms with Crippen LogP contribution in [0.1, 0.15) is 25.0 Å². The topological polar surface area (TPSA) is 73.3 Å². The smallest absolute Gasteiger partial charge is 0.231 e. The number of aliphatic imine (C=N–C) groups is 1. The highest BCUT2D eigenvalue weighted by Gasteiger charge is 2.13. The van der Waals surface area contributed by atoms with Crippen LogP contribution in [-0.2, 0) is 13.1 Å². The fourth-order valence-corrected chi connectivity index (χ4v) is 2.83. The van der Waals surface area contributed by atoms with Gasteiger partial charge >= 0.3 is 0 Å². The number of nitrogens with zero attached hydrogens (tertiary/aromatic N) is 1. The third-order valence-corrected chi connectivity index (χ3v) is 4.19. The SMILES string of the molecule is CCNC(=NCc1ccc2c(c1)OCO2)NCc1ccc(OCC)c(OC)c1. The van der Waals surface area contributed by atoms with Gasteiger partial charge in [0.15, 0.2) is 29.0 Å². The molecule has 0 saturated heterocycles. The van der Waals surface area contributed by atoms with Crippen LogP contribution in [0.25, 0.3) is 0 Å². The summed E-state index contributed by atoms with van der Waals surface area (Å²) in [6.07, 6.45) is 0. The van der Waals surface area contributed by atoms with Gasteiger partial charge in [0.2, 0.25) is 6.79 Å². The van der Waals surface area contributed by atoms with Crippen molar-refractivity contribution in [2.45, 2.75) is 26.9 Å². The van der Waals surface area contributed by atoms with Crippen molar-refractivity contribution in [3.8, 4) is 23.0 Å². The predicted molar refractivity (Wildman–Crippen MR) is 108 cm³/mol. The standard InChI is InChI=1S/C21H27N3O4/c1-4-22-21(24-13-16-7-9-18-20(11-16)28-14-27-18)23-12-15-6-8-17(26-5-2)19(10-15)25-3/h6-11H,4-5,12-14H2,1-3H3,(H2,22,23,24). The van der Waals surface area contributed by atoms with Crippen LogP contribution >= 0.6 is 0 Å². The van der Waals surface area contributed by atoms with Crippen LogP contribution < -0.4 is 29.6 Å². The highest BCUT2D eigenvalue weighted by Crippen LogP contribution is 2.32. The number of hydrogen-bond donors (Lipinski definition) is 2. The highest BCUT2D eigenvalue weighted by atomic mass is 16.7. The van der Waals surface area contributed by atoms with Crippen molar-refractivity contribution in [1.82, 2.24) is 10.6 Å². The van der Waals surface area contributed by atoms with Gasteiger partial charge in [-0.1, -0.05) is 12.1 Å². The summed E-state index contributed by atoms with van der Waals surface area (Å²) in [7, 11) is 1.64. The monoisotopic (exact) mass is 385 g/mol. The summed E-state index contributed by atoms with van der Waals surface area (Å²) in [5.41, 5.74) is 2.14. The normalized spacial score (nSPS) is 12.6. The number of benzene rings is 2. The van der Waals surface area contributed by atoms with E-state index in [4.69, 9.17) is 18.9 Å². The Balaban J connectivity index is 1.63. The lowest BCUT2D eigenvalue weighted by Crippen LogP contribution is -2.36. The lowest BCUT2D eigenvalue weighted by Gasteiger charge is -2.14. The number of hydrogen-bond acceptors (Lipinski definition) is 5. The average molecular weight is 385 g/mol. The van der Waals surface area contributed by atoms with E-state index < -0.39 is 0 Å². The molecule has 0 bridgehead atoms. The van der Waals surface area contributed by atoms with E-state index >= 15 is 0 Å². The van der Waals surface area contributed by atoms with Crippen LogP contribution in [0.15, 0.2) is 41.4 Å². The van der Waals surface area contributed by atoms with Crippen LogP contribution in [0.4, 0.5) is 0 Å². The molecule has 0 radical (unpaired) electrons. The van der Waals surface area contributed by atoms with Crippen LogP contribution in [0, 0.1) is 0 Å². The minimum absolute atomic E-state index is 0.276. The number of nitrogens with one attached hydrogen (secondary N) is 2. The summed E-state index contributed by atoms with van der Waals surface area (Å²) in [4.78, 5) is 4.66. The van der Waals surface area contributed by atoms with Gasteiger partial charge in [-0.05, 0) is 49.2 Å². The van der Waals surface area contributed by atoms with Crippen LogP contribution in [-0.4, -0.2) is 33.0 Å². The Kier molecular flexibility index (Phi) is 6.84. The predicted octanol–water partition coefficient (Wildman–Crippen LogP) is 3.08. The minimum atomic E-state index is 0.276. The number of guanidine groups is 1. The van der Waals surface area contributed by atoms with Crippen molar-refractivity contribution in [2.75, 3.05) is 27.1 Å². The number of methoxy groups -OCH3 is 1. The lowest BCUT2D eigenvalue weighted by atomic mass is 10.2. The first kappa shape index (κ1) is 19.7. The molecule has 0 aromatic heterocycles. The molecule has 1 heterocycles. The zero-order chi connectivity index (χ0) is 19.8. The summed E-state index contributed by atoms with van der Waals surface area (Å²) in [6.45, 7) is 6.81. The van der Waals surface area contributed by atoms with Gasteiger partial charge in [-0.3, -0.25) is 0 Å². The Bertz CT molecular complexity index is 823. The molecular formula is C21H27N3O4. The highest BCUT2D eigenvalue weighted by molar-refractivity contribution is 5.79. The van der Waals surface area contributed by atoms with Crippen LogP contribution in [0.3, 0.4) is 0 Å². The van der Waals surface area contributed by atoms with E-state index in [0.29, 0.717) is 19.7 Å². The van der Waals surface area contributed by atoms with Gasteiger partial charge in [0.25, 0.3) is 0 Å². The van der Waals surface area contributed by atoms with E-state index in [1.807, 2.05) is 50.2 Å². The van der Waals surface area contributed by atoms with E-state index in [1.54, 1.807) is 7.11 Å². The Hall–Kier alpha value is -3.09. The third-order valence-electron chi connectivity index (χ3n) is 4.19. The van der Waals surface area contributed by atoms with E-state index in [0.717, 1.165) is 46.6 Å². The largest absolute Gasteiger partial charge is 0.493 e. The second kappa shape index (κ2) is 9.73. The van der Waals surface area contributed by atoms with Gasteiger partial charge < -0.3 is 29.6 Å². The van der Waals surface area contributed by atoms with E-state index in [2.05, 4.69) is 15.6 Å². The molecule has 0 amide bonds. The molecule has 28 heavy (non-hydrogen) atoms. The first-order valence-electron chi connectivity index (χ1n) is 9.44. The van der Waals surface area contributed by atoms with Crippen molar-refractivity contribution in [3.05, 3.63) is 47.5 Å². The molecule has 3 rings (SSSR count). The van der Waals surface area contributed by atoms with Crippen LogP contribution in [0.5, 0.6) is 23.0 Å². The molecule has 0 aliphatic carbocycles. The number of ether oxygens (including phenoxy) is 4. The molecule has 2 N–H and O–H groups in total. The quantitative estimate of drug-likeness (QED) is 0.537. The molecule has 0 spiro atoms. The lowest BCUT2D eigenvalue weighted by molar-refractivity contribution is 0.174. The molecule has 0 saturated carbocycles. The Morgan fingerprint density at radius 2 is 1.82 bits per heavy atom. The molecule has 1 aliphatic heterocycles. The third kappa shape index (κ3) is 5.00. The van der Waals surface area contributed by atoms with Gasteiger partial charge in [0.1, 0.15) is 0 Å². The maximum atomic E-state index is 5.57. The minimum Gasteiger partial charge on any atom is -0.493 e. The van der Waals surface area contributed by atoms with Crippen LogP contribution in [0.2, 0.25) is 0 Å². The van der Waals surface area contributed by atoms with E-state index in [-0.39, 0.29) is 6.79 Å². The first-order valence-corrected chi connectivity index (χ1v) is 9.44. The number of rotatable bonds is 8. The molecule has 7 heteroatoms. The van der Waals surface area contributed by atoms with Crippen molar-refractivity contribution in [3.63, 3.8) is 0 Å². The van der Waals surface area contributed by atoms with Gasteiger partial charge in [-0.25, -0.2) is 4.99 Å². The zero-order valence-corrected chi connectivity index (χ0v) is 16.6. The summed E-state index contributed by atoms with van der Waals surface area (Å²) < 4.78 is 21.7. The zero-order valence-electron chi connectivity index (χ0n) is 16.6. The molecule has 7 nitrogen and oxygen atoms in total. The molecular weight excluding hydrogens is 358 g/mol. The average Bonchev–Trinajstić information content (AvgIpc) is 3.19. The molecule has 150 valence electrons. The maximum Gasteiger partial charge on any atom is 0.231 e. The van der Waals surface area contributed by atoms with Gasteiger partial charge in [0.05, 0.1) is 20.3 Å². The molecule has 1 aliphatic rings. The van der Waals surface area contributed by atoms with Gasteiger partial charge in [-0.2, -0.15) is 0 Å². The Labute approximate surface area is 165 Å². The Morgan fingerprint density at radius 1 is 1.00 bits per heavy atom. The molecule has 0 fully saturated rings. The van der Waals surface area contributed by atoms with Crippen molar-refractivity contribution >= 4 is 5.96 Å². The maximum absolute atomic E-state index is 5.57.